The van der Waals surface area contributed by atoms with Crippen LogP contribution in [0.15, 0.2) is 34.9 Å². The van der Waals surface area contributed by atoms with Crippen molar-refractivity contribution in [3.8, 4) is 17.2 Å². The summed E-state index contributed by atoms with van der Waals surface area (Å²) < 4.78 is 28.5. The Labute approximate surface area is 468 Å². The second-order valence-corrected chi connectivity index (χ2v) is 29.7. The molecule has 8 saturated carbocycles. The number of hydrogen-bond donors (Lipinski definition) is 9. The molecule has 12 fully saturated rings. The summed E-state index contributed by atoms with van der Waals surface area (Å²) in [7, 11) is 0. The van der Waals surface area contributed by atoms with Crippen LogP contribution in [-0.4, -0.2) is 121 Å². The van der Waals surface area contributed by atoms with E-state index < -0.39 is 82.0 Å². The third-order valence-electron chi connectivity index (χ3n) is 27.0. The van der Waals surface area contributed by atoms with E-state index in [1.54, 1.807) is 0 Å². The Kier molecular flexibility index (Phi) is 11.1. The van der Waals surface area contributed by atoms with E-state index in [4.69, 9.17) is 18.9 Å². The lowest BCUT2D eigenvalue weighted by molar-refractivity contribution is -0.340. The molecule has 0 amide bonds. The highest BCUT2D eigenvalue weighted by Gasteiger charge is 2.83. The molecule has 15 nitrogen and oxygen atoms in total. The van der Waals surface area contributed by atoms with Gasteiger partial charge in [-0.3, -0.25) is 15.6 Å². The monoisotopic (exact) mass is 1100 g/mol. The van der Waals surface area contributed by atoms with Gasteiger partial charge in [0.25, 0.3) is 0 Å². The largest absolute Gasteiger partial charge is 0.507 e. The number of fused-ring (bicyclic) bond motifs is 7. The molecule has 5 aliphatic heterocycles. The molecule has 16 atom stereocenters. The first-order chi connectivity index (χ1) is 38.4. The molecule has 2 aromatic carbocycles. The highest BCUT2D eigenvalue weighted by molar-refractivity contribution is 6.11. The van der Waals surface area contributed by atoms with Gasteiger partial charge < -0.3 is 54.7 Å². The number of benzene rings is 2. The minimum atomic E-state index is -1.83. The Hall–Kier alpha value is -3.64. The van der Waals surface area contributed by atoms with Crippen molar-refractivity contribution < 1.29 is 64.3 Å². The van der Waals surface area contributed by atoms with E-state index >= 15 is 0 Å². The smallest absolute Gasteiger partial charge is 0.335 e. The maximum atomic E-state index is 13.5. The van der Waals surface area contributed by atoms with Crippen LogP contribution in [0.4, 0.5) is 0 Å². The van der Waals surface area contributed by atoms with E-state index in [0.29, 0.717) is 56.1 Å². The van der Waals surface area contributed by atoms with Gasteiger partial charge in [0.1, 0.15) is 41.2 Å². The fraction of sp³-hybridized carbons (Fsp3) is 0.754. The van der Waals surface area contributed by atoms with E-state index in [1.807, 2.05) is 0 Å². The van der Waals surface area contributed by atoms with E-state index in [0.717, 1.165) is 31.7 Å². The van der Waals surface area contributed by atoms with Gasteiger partial charge in [0.15, 0.2) is 5.78 Å². The number of carbonyl (C=O) groups is 2. The number of phenolic OH excluding ortho intramolecular Hbond substituents is 2. The van der Waals surface area contributed by atoms with Crippen LogP contribution < -0.4 is 15.6 Å². The first kappa shape index (κ1) is 52.0. The molecular formula is C65H84N2O13. The summed E-state index contributed by atoms with van der Waals surface area (Å²) in [5.41, 5.74) is 9.75. The molecule has 0 aromatic heterocycles. The average molecular weight is 1100 g/mol. The summed E-state index contributed by atoms with van der Waals surface area (Å²) in [6.07, 6.45) is 21.1. The summed E-state index contributed by atoms with van der Waals surface area (Å²) in [5.74, 6) is -3.18. The van der Waals surface area contributed by atoms with Crippen molar-refractivity contribution in [1.29, 1.82) is 0 Å². The number of aromatic hydroxyl groups is 2. The average Bonchev–Trinajstić information content (AvgIpc) is 1.61. The number of rotatable bonds is 6. The number of allylic oxidation sites excluding steroid dienone is 1. The molecule has 16 unspecified atom stereocenters. The van der Waals surface area contributed by atoms with Gasteiger partial charge in [0.2, 0.25) is 6.29 Å². The lowest BCUT2D eigenvalue weighted by Gasteiger charge is -2.72. The van der Waals surface area contributed by atoms with Gasteiger partial charge in [-0.15, -0.1) is 0 Å². The van der Waals surface area contributed by atoms with Crippen LogP contribution in [0.2, 0.25) is 0 Å². The van der Waals surface area contributed by atoms with Gasteiger partial charge in [-0.2, -0.15) is 0 Å². The molecule has 2 aromatic rings. The highest BCUT2D eigenvalue weighted by atomic mass is 16.7. The Morgan fingerprint density at radius 2 is 1.59 bits per heavy atom. The predicted octanol–water partition coefficient (Wildman–Crippen LogP) is 8.89. The zero-order chi connectivity index (χ0) is 54.9. The normalized spacial score (nSPS) is 45.5. The fourth-order valence-corrected chi connectivity index (χ4v) is 24.8. The molecule has 4 saturated heterocycles. The minimum Gasteiger partial charge on any atom is -0.507 e. The lowest BCUT2D eigenvalue weighted by atomic mass is 9.38. The summed E-state index contributed by atoms with van der Waals surface area (Å²) in [5, 5.41) is 84.8. The predicted molar refractivity (Wildman–Crippen MR) is 293 cm³/mol. The zero-order valence-corrected chi connectivity index (χ0v) is 46.9. The van der Waals surface area contributed by atoms with Crippen molar-refractivity contribution >= 4 is 22.5 Å². The molecular weight excluding hydrogens is 1020 g/mol. The van der Waals surface area contributed by atoms with Crippen LogP contribution in [0, 0.1) is 62.6 Å². The Bertz CT molecular complexity index is 3080. The van der Waals surface area contributed by atoms with Crippen molar-refractivity contribution in [3.05, 3.63) is 51.6 Å². The van der Waals surface area contributed by atoms with Crippen molar-refractivity contribution in [2.75, 3.05) is 19.8 Å². The van der Waals surface area contributed by atoms with Crippen LogP contribution in [0.5, 0.6) is 17.2 Å². The fourth-order valence-electron chi connectivity index (χ4n) is 24.8. The van der Waals surface area contributed by atoms with Gasteiger partial charge in [0.05, 0.1) is 35.3 Å². The number of carboxylic acids is 1. The van der Waals surface area contributed by atoms with E-state index in [1.165, 1.54) is 133 Å². The summed E-state index contributed by atoms with van der Waals surface area (Å²) in [6.45, 7) is 3.89. The maximum Gasteiger partial charge on any atom is 0.335 e. The number of hydrogen-bond acceptors (Lipinski definition) is 14. The second-order valence-electron chi connectivity index (χ2n) is 29.7. The number of nitrogens with one attached hydrogen (secondary N) is 2. The maximum absolute atomic E-state index is 13.5. The molecule has 4 bridgehead atoms. The number of aliphatic hydroxyl groups excluding tert-OH is 4. The molecule has 432 valence electrons. The quantitative estimate of drug-likeness (QED) is 0.0970. The summed E-state index contributed by atoms with van der Waals surface area (Å²) in [6, 6.07) is 2.63. The van der Waals surface area contributed by atoms with E-state index in [9.17, 15) is 45.3 Å². The molecule has 8 spiro atoms. The van der Waals surface area contributed by atoms with Crippen LogP contribution in [-0.2, 0) is 14.2 Å². The number of hydrazine groups is 1. The van der Waals surface area contributed by atoms with Crippen molar-refractivity contribution in [1.82, 2.24) is 10.9 Å². The number of carbonyl (C=O) groups excluding carboxylic acids is 1. The number of aliphatic hydroxyl groups is 4. The SMILES string of the molecule is CC(=O)c1c(C)c(O)c2cc(C(=O)O)cc(OC3OC4C(O)C5(CCCC5)CC5OC4(CC4C6=C5CC=C6C5(CCO)COCC6CC78CC4(NNC7C4(CCCC4)C4(CCCC47CCC4(CCCC4)C7)C8)C65)C(O)C3O)c2c1O. The molecule has 5 heterocycles. The third-order valence-corrected chi connectivity index (χ3v) is 27.0. The molecule has 16 rings (SSSR count). The van der Waals surface area contributed by atoms with Crippen LogP contribution in [0.3, 0.4) is 0 Å². The van der Waals surface area contributed by atoms with Gasteiger partial charge in [-0.25, -0.2) is 4.79 Å². The molecule has 80 heavy (non-hydrogen) atoms. The zero-order valence-electron chi connectivity index (χ0n) is 46.9. The number of ether oxygens (including phenoxy) is 4. The third kappa shape index (κ3) is 6.19. The Balaban J connectivity index is 0.853. The molecule has 9 aliphatic carbocycles. The van der Waals surface area contributed by atoms with Crippen LogP contribution in [0.25, 0.3) is 10.8 Å². The van der Waals surface area contributed by atoms with Crippen molar-refractivity contribution in [3.63, 3.8) is 0 Å². The van der Waals surface area contributed by atoms with Gasteiger partial charge in [0, 0.05) is 52.5 Å². The Morgan fingerprint density at radius 1 is 0.825 bits per heavy atom. The summed E-state index contributed by atoms with van der Waals surface area (Å²) >= 11 is 0. The standard InChI is InChI=1S/C65H84N2O13/c1-34-44(35(2)69)48(71)46-39(47(34)70)24-36(54(75)76)25-42(46)78-55-49(72)51(73)65-27-41-45-38(43(80-65)28-58(14-5-6-15-58)52(74)53(65)79-55)10-11-40(45)61(22-23-68)33-77-29-37-26-59-31-63(19-9-16-60(63)21-20-57(30-60)12-3-4-13-57)62(17-7-8-18-62)56(59)66-67-64(41,32-59)50(37)61/h11,24-25,37,41,43,49-53,55-56,66-68,70-74H,3-10,12-23,26-33H2,1-2H3,(H,75,76). The number of ketones is 1. The Morgan fingerprint density at radius 3 is 2.34 bits per heavy atom. The van der Waals surface area contributed by atoms with Crippen molar-refractivity contribution in [2.45, 2.75) is 228 Å². The van der Waals surface area contributed by atoms with Gasteiger partial charge in [-0.1, -0.05) is 51.0 Å². The topological polar surface area (TPSA) is 237 Å². The molecule has 9 N–H and O–H groups in total. The molecule has 0 radical (unpaired) electrons. The van der Waals surface area contributed by atoms with Gasteiger partial charge >= 0.3 is 5.97 Å². The van der Waals surface area contributed by atoms with Gasteiger partial charge in [-0.05, 0) is 197 Å². The van der Waals surface area contributed by atoms with E-state index in [-0.39, 0.29) is 86.3 Å². The number of Topliss-reactive ketones (excluding diaryl/α,β-unsaturated/α-hetero) is 1. The number of phenols is 2. The number of carboxylic acid groups (broad SMARTS) is 1. The van der Waals surface area contributed by atoms with Crippen LogP contribution in [0.1, 0.15) is 194 Å². The number of aromatic carboxylic acids is 1. The van der Waals surface area contributed by atoms with Crippen molar-refractivity contribution in [2.24, 2.45) is 55.7 Å². The first-order valence-electron chi connectivity index (χ1n) is 31.4. The van der Waals surface area contributed by atoms with Crippen LogP contribution >= 0.6 is 0 Å². The van der Waals surface area contributed by atoms with E-state index in [2.05, 4.69) is 16.9 Å². The highest BCUT2D eigenvalue weighted by Crippen LogP contribution is 2.85. The summed E-state index contributed by atoms with van der Waals surface area (Å²) in [4.78, 5) is 25.8. The lowest BCUT2D eigenvalue weighted by Crippen LogP contribution is -2.82. The molecule has 14 aliphatic rings. The minimum absolute atomic E-state index is 0.0179. The molecule has 15 heteroatoms. The first-order valence-corrected chi connectivity index (χ1v) is 31.4. The second kappa shape index (κ2) is 17.0.